The summed E-state index contributed by atoms with van der Waals surface area (Å²) in [5.41, 5.74) is 0.327. The highest BCUT2D eigenvalue weighted by Crippen LogP contribution is 2.55. The predicted octanol–water partition coefficient (Wildman–Crippen LogP) is 7.09. The van der Waals surface area contributed by atoms with Gasteiger partial charge in [0, 0.05) is 61.2 Å². The number of nitro benzene ring substituents is 3. The maximum atomic E-state index is 14.5. The lowest BCUT2D eigenvalue weighted by molar-refractivity contribution is -0.385. The van der Waals surface area contributed by atoms with E-state index < -0.39 is 93.3 Å². The fraction of sp³-hybridized carbons (Fsp3) is 0.429. The van der Waals surface area contributed by atoms with Gasteiger partial charge in [-0.2, -0.15) is 0 Å². The molecule has 2 amide bonds. The van der Waals surface area contributed by atoms with E-state index in [9.17, 15) is 54.3 Å². The Morgan fingerprint density at radius 1 is 0.716 bits per heavy atom. The molecule has 0 spiro atoms. The van der Waals surface area contributed by atoms with Crippen LogP contribution in [0.3, 0.4) is 0 Å². The fourth-order valence-corrected chi connectivity index (χ4v) is 10.6. The molecule has 2 saturated heterocycles. The number of amides is 2. The molecule has 2 fully saturated rings. The average molecular weight is 974 g/mol. The van der Waals surface area contributed by atoms with Gasteiger partial charge in [0.2, 0.25) is 11.3 Å². The van der Waals surface area contributed by atoms with Crippen molar-refractivity contribution in [3.05, 3.63) is 120 Å². The quantitative estimate of drug-likeness (QED) is 0.0242. The molecule has 0 aliphatic carbocycles. The van der Waals surface area contributed by atoms with Crippen molar-refractivity contribution < 1.29 is 71.3 Å². The summed E-state index contributed by atoms with van der Waals surface area (Å²) >= 11 is 0.910. The maximum Gasteiger partial charge on any atom is 0.508 e. The molecule has 23 nitrogen and oxygen atoms in total. The van der Waals surface area contributed by atoms with Crippen LogP contribution in [0, 0.1) is 36.3 Å². The molecule has 2 aliphatic rings. The normalized spacial score (nSPS) is 17.2. The number of ether oxygens (including phenoxy) is 4. The van der Waals surface area contributed by atoms with E-state index in [1.807, 2.05) is 0 Å². The summed E-state index contributed by atoms with van der Waals surface area (Å²) in [5, 5.41) is 32.4. The molecule has 0 aromatic heterocycles. The van der Waals surface area contributed by atoms with Gasteiger partial charge in [0.25, 0.3) is 24.6 Å². The standard InChI is InChI=1S/C42H48N5O18PS/c1-5-62-66(63-6-2,64-7-3)39(40(50)59-24-28-8-14-31(15-9-28)45(53)54)44-35(37(38(44)49)27(4)65-42(52)61-26-30-12-18-33(19-13-30)47(57)58)22-36(48)67-34-20-21-43(23-34)41(51)60-25-29-10-16-32(17-11-29)46(55)56/h8-19,27,34-35,37H,5-7,20-26H2,1-4H3. The van der Waals surface area contributed by atoms with Gasteiger partial charge in [0.1, 0.15) is 25.9 Å². The van der Waals surface area contributed by atoms with Crippen LogP contribution in [-0.4, -0.2) is 110 Å². The number of carbonyl (C=O) groups is 5. The van der Waals surface area contributed by atoms with E-state index in [4.69, 9.17) is 32.5 Å². The van der Waals surface area contributed by atoms with E-state index >= 15 is 0 Å². The van der Waals surface area contributed by atoms with Crippen molar-refractivity contribution in [3.8, 4) is 0 Å². The Hall–Kier alpha value is -6.46. The van der Waals surface area contributed by atoms with E-state index in [1.54, 1.807) is 20.8 Å². The summed E-state index contributed by atoms with van der Waals surface area (Å²) in [5.74, 6) is -3.16. The zero-order valence-corrected chi connectivity index (χ0v) is 38.5. The first-order valence-corrected chi connectivity index (χ1v) is 23.3. The first-order chi connectivity index (χ1) is 32.0. The predicted molar refractivity (Wildman–Crippen MR) is 238 cm³/mol. The van der Waals surface area contributed by atoms with Crippen LogP contribution < -0.4 is 0 Å². The Morgan fingerprint density at radius 2 is 1.16 bits per heavy atom. The Bertz CT molecular complexity index is 2350. The fourth-order valence-electron chi connectivity index (χ4n) is 7.10. The topological polar surface area (TPSA) is 286 Å². The monoisotopic (exact) mass is 973 g/mol. The van der Waals surface area contributed by atoms with Crippen molar-refractivity contribution in [2.24, 2.45) is 5.92 Å². The molecular formula is C42H48N5O18PS. The minimum Gasteiger partial charge on any atom is -0.456 e. The lowest BCUT2D eigenvalue weighted by atomic mass is 9.81. The number of hydrogen-bond donors (Lipinski definition) is 0. The van der Waals surface area contributed by atoms with Crippen LogP contribution in [-0.2, 0) is 66.7 Å². The van der Waals surface area contributed by atoms with Crippen LogP contribution in [0.5, 0.6) is 0 Å². The van der Waals surface area contributed by atoms with E-state index in [2.05, 4.69) is 0 Å². The minimum absolute atomic E-state index is 0.0631. The van der Waals surface area contributed by atoms with Crippen molar-refractivity contribution in [1.82, 2.24) is 9.80 Å². The Labute approximate surface area is 387 Å². The number of likely N-dealkylation sites (tertiary alicyclic amines) is 2. The van der Waals surface area contributed by atoms with Gasteiger partial charge in [-0.25, -0.2) is 14.4 Å². The van der Waals surface area contributed by atoms with Gasteiger partial charge in [0.05, 0.1) is 46.6 Å². The maximum absolute atomic E-state index is 14.5. The highest BCUT2D eigenvalue weighted by atomic mass is 32.2. The second-order valence-corrected chi connectivity index (χ2v) is 18.2. The largest absolute Gasteiger partial charge is 0.508 e. The summed E-state index contributed by atoms with van der Waals surface area (Å²) in [6.07, 6.45) is -3.16. The molecule has 3 aromatic rings. The first kappa shape index (κ1) is 51.5. The number of nitrogens with zero attached hydrogens (tertiary/aromatic N) is 5. The molecule has 3 aromatic carbocycles. The molecular weight excluding hydrogens is 926 g/mol. The molecule has 25 heteroatoms. The first-order valence-electron chi connectivity index (χ1n) is 20.9. The lowest BCUT2D eigenvalue weighted by Crippen LogP contribution is -2.68. The Balaban J connectivity index is 1.38. The number of non-ortho nitro benzene ring substituents is 3. The highest BCUT2D eigenvalue weighted by molar-refractivity contribution is 8.14. The number of thioether (sulfide) groups is 1. The highest BCUT2D eigenvalue weighted by Gasteiger charge is 2.57. The molecule has 4 atom stereocenters. The van der Waals surface area contributed by atoms with Crippen molar-refractivity contribution in [2.45, 2.75) is 77.8 Å². The third-order valence-corrected chi connectivity index (χ3v) is 14.1. The number of nitro groups is 3. The summed E-state index contributed by atoms with van der Waals surface area (Å²) in [6, 6.07) is 14.8. The van der Waals surface area contributed by atoms with Crippen molar-refractivity contribution in [2.75, 3.05) is 32.9 Å². The number of β-lactam (4-membered cyclic amide) rings is 1. The van der Waals surface area contributed by atoms with Gasteiger partial charge in [-0.3, -0.25) is 44.8 Å². The minimum atomic E-state index is -3.99. The van der Waals surface area contributed by atoms with E-state index in [1.165, 1.54) is 84.6 Å². The van der Waals surface area contributed by atoms with Crippen LogP contribution in [0.25, 0.3) is 0 Å². The summed E-state index contributed by atoms with van der Waals surface area (Å²) < 4.78 is 40.0. The van der Waals surface area contributed by atoms with Gasteiger partial charge in [-0.05, 0) is 87.2 Å². The van der Waals surface area contributed by atoms with Crippen molar-refractivity contribution in [1.29, 1.82) is 0 Å². The van der Waals surface area contributed by atoms with Gasteiger partial charge in [-0.1, -0.05) is 11.8 Å². The van der Waals surface area contributed by atoms with Crippen LogP contribution in [0.1, 0.15) is 57.2 Å². The number of rotatable bonds is 22. The van der Waals surface area contributed by atoms with Crippen LogP contribution >= 0.6 is 19.3 Å². The molecule has 2 heterocycles. The number of esters is 1. The Morgan fingerprint density at radius 3 is 1.61 bits per heavy atom. The molecule has 5 rings (SSSR count). The van der Waals surface area contributed by atoms with Crippen molar-refractivity contribution >= 4 is 71.0 Å². The van der Waals surface area contributed by atoms with Crippen LogP contribution in [0.15, 0.2) is 72.8 Å². The van der Waals surface area contributed by atoms with Gasteiger partial charge in [-0.15, -0.1) is 0 Å². The molecule has 0 radical (unpaired) electrons. The number of benzene rings is 3. The van der Waals surface area contributed by atoms with Crippen molar-refractivity contribution in [3.63, 3.8) is 0 Å². The number of carbonyl (C=O) groups excluding carboxylic acids is 5. The lowest BCUT2D eigenvalue weighted by Gasteiger charge is -2.49. The third-order valence-electron chi connectivity index (χ3n) is 10.2. The third kappa shape index (κ3) is 13.3. The molecule has 0 bridgehead atoms. The second kappa shape index (κ2) is 23.8. The van der Waals surface area contributed by atoms with Crippen LogP contribution in [0.4, 0.5) is 26.7 Å². The zero-order chi connectivity index (χ0) is 48.8. The smallest absolute Gasteiger partial charge is 0.456 e. The van der Waals surface area contributed by atoms with Crippen LogP contribution in [0.2, 0.25) is 0 Å². The molecule has 360 valence electrons. The molecule has 0 N–H and O–H groups in total. The molecule has 4 unspecified atom stereocenters. The van der Waals surface area contributed by atoms with E-state index in [0.717, 1.165) is 16.7 Å². The SMILES string of the molecule is CCOP(OCC)(OCC)=C(C(=O)OCc1ccc([N+](=O)[O-])cc1)N1C(=O)C(C(C)OC(=O)OCc2ccc([N+](=O)[O-])cc2)C1CC(=O)SC1CCN(C(=O)OCc2ccc([N+](=O)[O-])cc2)C1. The average Bonchev–Trinajstić information content (AvgIpc) is 3.77. The van der Waals surface area contributed by atoms with E-state index in [0.29, 0.717) is 23.1 Å². The van der Waals surface area contributed by atoms with Gasteiger partial charge in [0.15, 0.2) is 5.12 Å². The second-order valence-electron chi connectivity index (χ2n) is 14.7. The summed E-state index contributed by atoms with van der Waals surface area (Å²) in [7, 11) is -3.99. The summed E-state index contributed by atoms with van der Waals surface area (Å²) in [6.45, 7) is 5.51. The van der Waals surface area contributed by atoms with Gasteiger partial charge < -0.3 is 37.4 Å². The van der Waals surface area contributed by atoms with E-state index in [-0.39, 0.29) is 63.2 Å². The van der Waals surface area contributed by atoms with Gasteiger partial charge >= 0.3 is 18.2 Å². The molecule has 2 aliphatic heterocycles. The zero-order valence-electron chi connectivity index (χ0n) is 36.7. The number of hydrogen-bond acceptors (Lipinski definition) is 19. The Kier molecular flexibility index (Phi) is 18.3. The molecule has 0 saturated carbocycles. The summed E-state index contributed by atoms with van der Waals surface area (Å²) in [4.78, 5) is 103. The molecule has 67 heavy (non-hydrogen) atoms.